The lowest BCUT2D eigenvalue weighted by atomic mass is 10.1. The van der Waals surface area contributed by atoms with E-state index in [1.54, 1.807) is 12.1 Å². The maximum atomic E-state index is 11.6. The maximum Gasteiger partial charge on any atom is 0.354 e. The Bertz CT molecular complexity index is 1370. The Hall–Kier alpha value is -3.44. The van der Waals surface area contributed by atoms with Crippen molar-refractivity contribution in [3.8, 4) is 11.4 Å². The minimum Gasteiger partial charge on any atom is -0.477 e. The van der Waals surface area contributed by atoms with Crippen LogP contribution in [0.1, 0.15) is 10.5 Å². The van der Waals surface area contributed by atoms with Crippen LogP contribution < -0.4 is 0 Å². The monoisotopic (exact) mass is 373 g/mol. The molecular weight excluding hydrogens is 362 g/mol. The van der Waals surface area contributed by atoms with Crippen LogP contribution in [-0.2, 0) is 0 Å². The third-order valence-electron chi connectivity index (χ3n) is 4.63. The van der Waals surface area contributed by atoms with Crippen LogP contribution in [0, 0.1) is 0 Å². The molecule has 0 saturated carbocycles. The molecule has 0 radical (unpaired) electrons. The summed E-state index contributed by atoms with van der Waals surface area (Å²) in [5.41, 5.74) is 3.35. The van der Waals surface area contributed by atoms with Crippen LogP contribution in [0.2, 0.25) is 5.02 Å². The third-order valence-corrected chi connectivity index (χ3v) is 4.93. The standard InChI is InChI=1S/C21H12ClN3O2/c22-14-6-3-4-11-8-9-16(24-18(11)14)20-19-13(10-17(25-20)21(26)27)12-5-1-2-7-15(12)23-19/h1-10,23H,(H,26,27). The smallest absolute Gasteiger partial charge is 0.354 e. The Morgan fingerprint density at radius 1 is 0.963 bits per heavy atom. The number of H-pyrrole nitrogens is 1. The first-order valence-corrected chi connectivity index (χ1v) is 8.70. The number of aromatic nitrogens is 3. The average Bonchev–Trinajstić information content (AvgIpc) is 3.06. The highest BCUT2D eigenvalue weighted by Gasteiger charge is 2.17. The Morgan fingerprint density at radius 3 is 2.67 bits per heavy atom. The van der Waals surface area contributed by atoms with Gasteiger partial charge in [0.1, 0.15) is 11.4 Å². The predicted octanol–water partition coefficient (Wildman–Crippen LogP) is 5.28. The van der Waals surface area contributed by atoms with E-state index in [-0.39, 0.29) is 5.69 Å². The number of para-hydroxylation sites is 2. The summed E-state index contributed by atoms with van der Waals surface area (Å²) >= 11 is 6.30. The number of hydrogen-bond donors (Lipinski definition) is 2. The minimum atomic E-state index is -1.08. The van der Waals surface area contributed by atoms with Gasteiger partial charge in [-0.25, -0.2) is 14.8 Å². The molecule has 0 fully saturated rings. The van der Waals surface area contributed by atoms with Crippen LogP contribution in [0.4, 0.5) is 0 Å². The van der Waals surface area contributed by atoms with Crippen molar-refractivity contribution < 1.29 is 9.90 Å². The van der Waals surface area contributed by atoms with Crippen LogP contribution in [-0.4, -0.2) is 26.0 Å². The Kier molecular flexibility index (Phi) is 3.39. The molecule has 5 rings (SSSR count). The van der Waals surface area contributed by atoms with Crippen molar-refractivity contribution in [3.63, 3.8) is 0 Å². The van der Waals surface area contributed by atoms with Gasteiger partial charge in [-0.3, -0.25) is 0 Å². The van der Waals surface area contributed by atoms with Crippen molar-refractivity contribution in [1.82, 2.24) is 15.0 Å². The normalized spacial score (nSPS) is 11.4. The lowest BCUT2D eigenvalue weighted by molar-refractivity contribution is 0.0691. The molecule has 0 spiro atoms. The summed E-state index contributed by atoms with van der Waals surface area (Å²) in [5, 5.41) is 12.7. The minimum absolute atomic E-state index is 0.0247. The number of pyridine rings is 2. The number of rotatable bonds is 2. The number of aromatic carboxylic acids is 1. The van der Waals surface area contributed by atoms with Gasteiger partial charge < -0.3 is 10.1 Å². The molecule has 3 aromatic heterocycles. The molecule has 0 saturated heterocycles. The maximum absolute atomic E-state index is 11.6. The van der Waals surface area contributed by atoms with Crippen LogP contribution in [0.5, 0.6) is 0 Å². The van der Waals surface area contributed by atoms with Crippen molar-refractivity contribution in [2.24, 2.45) is 0 Å². The number of fused-ring (bicyclic) bond motifs is 4. The fourth-order valence-corrected chi connectivity index (χ4v) is 3.61. The second-order valence-electron chi connectivity index (χ2n) is 6.26. The molecule has 27 heavy (non-hydrogen) atoms. The zero-order valence-electron chi connectivity index (χ0n) is 13.9. The van der Waals surface area contributed by atoms with Crippen molar-refractivity contribution in [2.75, 3.05) is 0 Å². The van der Waals surface area contributed by atoms with E-state index in [0.29, 0.717) is 21.9 Å². The summed E-state index contributed by atoms with van der Waals surface area (Å²) in [6.07, 6.45) is 0. The molecule has 130 valence electrons. The molecule has 0 atom stereocenters. The zero-order chi connectivity index (χ0) is 18.5. The van der Waals surface area contributed by atoms with Crippen molar-refractivity contribution in [3.05, 3.63) is 71.4 Å². The molecule has 0 amide bonds. The second kappa shape index (κ2) is 5.79. The van der Waals surface area contributed by atoms with Crippen LogP contribution in [0.15, 0.2) is 60.7 Å². The number of nitrogens with one attached hydrogen (secondary N) is 1. The largest absolute Gasteiger partial charge is 0.477 e. The van der Waals surface area contributed by atoms with E-state index < -0.39 is 5.97 Å². The highest BCUT2D eigenvalue weighted by atomic mass is 35.5. The van der Waals surface area contributed by atoms with Gasteiger partial charge in [0.2, 0.25) is 0 Å². The molecule has 0 aliphatic heterocycles. The van der Waals surface area contributed by atoms with Gasteiger partial charge in [0.25, 0.3) is 0 Å². The van der Waals surface area contributed by atoms with Gasteiger partial charge >= 0.3 is 5.97 Å². The number of halogens is 1. The van der Waals surface area contributed by atoms with Crippen molar-refractivity contribution in [1.29, 1.82) is 0 Å². The van der Waals surface area contributed by atoms with Gasteiger partial charge in [0, 0.05) is 21.7 Å². The molecule has 6 heteroatoms. The van der Waals surface area contributed by atoms with Gasteiger partial charge in [0.15, 0.2) is 0 Å². The average molecular weight is 374 g/mol. The van der Waals surface area contributed by atoms with E-state index in [0.717, 1.165) is 27.2 Å². The summed E-state index contributed by atoms with van der Waals surface area (Å²) in [4.78, 5) is 24.0. The van der Waals surface area contributed by atoms with E-state index in [4.69, 9.17) is 11.6 Å². The van der Waals surface area contributed by atoms with E-state index in [1.165, 1.54) is 0 Å². The van der Waals surface area contributed by atoms with E-state index in [2.05, 4.69) is 15.0 Å². The van der Waals surface area contributed by atoms with Crippen molar-refractivity contribution in [2.45, 2.75) is 0 Å². The predicted molar refractivity (Wildman–Crippen MR) is 106 cm³/mol. The Labute approximate surface area is 158 Å². The Morgan fingerprint density at radius 2 is 1.81 bits per heavy atom. The fraction of sp³-hybridized carbons (Fsp3) is 0. The SMILES string of the molecule is O=C(O)c1cc2c([nH]c3ccccc32)c(-c2ccc3cccc(Cl)c3n2)n1. The summed E-state index contributed by atoms with van der Waals surface area (Å²) in [7, 11) is 0. The molecule has 5 aromatic rings. The molecule has 0 aliphatic rings. The molecular formula is C21H12ClN3O2. The van der Waals surface area contributed by atoms with Gasteiger partial charge in [-0.05, 0) is 24.3 Å². The van der Waals surface area contributed by atoms with Crippen LogP contribution in [0.25, 0.3) is 44.1 Å². The fourth-order valence-electron chi connectivity index (χ4n) is 3.38. The van der Waals surface area contributed by atoms with Gasteiger partial charge in [-0.15, -0.1) is 0 Å². The molecule has 3 heterocycles. The first-order valence-electron chi connectivity index (χ1n) is 8.32. The number of aromatic amines is 1. The van der Waals surface area contributed by atoms with Gasteiger partial charge in [0.05, 0.1) is 21.7 Å². The zero-order valence-corrected chi connectivity index (χ0v) is 14.7. The number of carboxylic acids is 1. The number of nitrogens with zero attached hydrogens (tertiary/aromatic N) is 2. The van der Waals surface area contributed by atoms with Crippen LogP contribution >= 0.6 is 11.6 Å². The summed E-state index contributed by atoms with van der Waals surface area (Å²) in [6.45, 7) is 0. The lowest BCUT2D eigenvalue weighted by Gasteiger charge is -2.07. The summed E-state index contributed by atoms with van der Waals surface area (Å²) in [6, 6.07) is 18.7. The van der Waals surface area contributed by atoms with Gasteiger partial charge in [-0.2, -0.15) is 0 Å². The quantitative estimate of drug-likeness (QED) is 0.441. The number of benzene rings is 2. The molecule has 2 N–H and O–H groups in total. The van der Waals surface area contributed by atoms with E-state index in [9.17, 15) is 9.90 Å². The highest BCUT2D eigenvalue weighted by molar-refractivity contribution is 6.35. The lowest BCUT2D eigenvalue weighted by Crippen LogP contribution is -2.02. The number of carboxylic acid groups (broad SMARTS) is 1. The number of hydrogen-bond acceptors (Lipinski definition) is 3. The number of carbonyl (C=O) groups is 1. The highest BCUT2D eigenvalue weighted by Crippen LogP contribution is 2.33. The van der Waals surface area contributed by atoms with Gasteiger partial charge in [-0.1, -0.05) is 48.0 Å². The molecule has 0 bridgehead atoms. The molecule has 0 aliphatic carbocycles. The third kappa shape index (κ3) is 2.44. The van der Waals surface area contributed by atoms with Crippen LogP contribution in [0.3, 0.4) is 0 Å². The first kappa shape index (κ1) is 15.8. The molecule has 5 nitrogen and oxygen atoms in total. The molecule has 2 aromatic carbocycles. The molecule has 0 unspecified atom stereocenters. The summed E-state index contributed by atoms with van der Waals surface area (Å²) < 4.78 is 0. The first-order chi connectivity index (χ1) is 13.1. The van der Waals surface area contributed by atoms with E-state index >= 15 is 0 Å². The summed E-state index contributed by atoms with van der Waals surface area (Å²) in [5.74, 6) is -1.08. The van der Waals surface area contributed by atoms with Crippen molar-refractivity contribution >= 4 is 50.3 Å². The Balaban J connectivity index is 1.89. The second-order valence-corrected chi connectivity index (χ2v) is 6.67. The van der Waals surface area contributed by atoms with E-state index in [1.807, 2.05) is 48.5 Å². The topological polar surface area (TPSA) is 78.9 Å².